The molecule has 132 valence electrons. The quantitative estimate of drug-likeness (QED) is 0.741. The van der Waals surface area contributed by atoms with Crippen LogP contribution in [0.3, 0.4) is 0 Å². The Bertz CT molecular complexity index is 634. The lowest BCUT2D eigenvalue weighted by molar-refractivity contribution is -0.129. The summed E-state index contributed by atoms with van der Waals surface area (Å²) in [6, 6.07) is 5.00. The topological polar surface area (TPSA) is 58.2 Å². The Hall–Kier alpha value is -1.52. The van der Waals surface area contributed by atoms with Crippen LogP contribution in [0.25, 0.3) is 6.08 Å². The molecular weight excluding hydrogens is 347 g/mol. The first-order chi connectivity index (χ1) is 11.0. The molecule has 1 aromatic carbocycles. The molecule has 0 saturated heterocycles. The summed E-state index contributed by atoms with van der Waals surface area (Å²) in [5.41, 5.74) is -0.394. The van der Waals surface area contributed by atoms with Gasteiger partial charge < -0.3 is 10.6 Å². The summed E-state index contributed by atoms with van der Waals surface area (Å²) in [5.74, 6) is -0.263. The summed E-state index contributed by atoms with van der Waals surface area (Å²) in [4.78, 5) is 23.1. The van der Waals surface area contributed by atoms with Gasteiger partial charge in [-0.2, -0.15) is 0 Å². The molecule has 0 saturated carbocycles. The van der Waals surface area contributed by atoms with E-state index >= 15 is 0 Å². The van der Waals surface area contributed by atoms with Crippen LogP contribution in [0.4, 0.5) is 0 Å². The third kappa shape index (κ3) is 5.84. The van der Waals surface area contributed by atoms with Crippen LogP contribution in [0.1, 0.15) is 40.2 Å². The molecule has 0 aliphatic carbocycles. The Morgan fingerprint density at radius 1 is 1.17 bits per heavy atom. The van der Waals surface area contributed by atoms with E-state index in [0.29, 0.717) is 16.5 Å². The van der Waals surface area contributed by atoms with Gasteiger partial charge in [0.2, 0.25) is 12.3 Å². The lowest BCUT2D eigenvalue weighted by atomic mass is 9.85. The zero-order valence-corrected chi connectivity index (χ0v) is 16.1. The first-order valence-electron chi connectivity index (χ1n) is 7.63. The van der Waals surface area contributed by atoms with E-state index in [0.717, 1.165) is 5.56 Å². The minimum Gasteiger partial charge on any atom is -0.347 e. The van der Waals surface area contributed by atoms with Crippen LogP contribution in [0.5, 0.6) is 0 Å². The summed E-state index contributed by atoms with van der Waals surface area (Å²) < 4.78 is 0. The van der Waals surface area contributed by atoms with Crippen LogP contribution in [0.2, 0.25) is 10.0 Å². The molecule has 1 aromatic rings. The third-order valence-corrected chi connectivity index (χ3v) is 4.20. The Labute approximate surface area is 153 Å². The van der Waals surface area contributed by atoms with Gasteiger partial charge in [-0.1, -0.05) is 62.2 Å². The Morgan fingerprint density at radius 2 is 1.79 bits per heavy atom. The minimum atomic E-state index is -0.989. The van der Waals surface area contributed by atoms with E-state index in [2.05, 4.69) is 10.6 Å². The predicted molar refractivity (Wildman–Crippen MR) is 100 cm³/mol. The fourth-order valence-electron chi connectivity index (χ4n) is 1.92. The maximum atomic E-state index is 12.4. The molecule has 0 aliphatic rings. The van der Waals surface area contributed by atoms with Crippen molar-refractivity contribution >= 4 is 41.6 Å². The van der Waals surface area contributed by atoms with Gasteiger partial charge in [0.25, 0.3) is 0 Å². The fraction of sp³-hybridized carbons (Fsp3) is 0.444. The van der Waals surface area contributed by atoms with E-state index in [1.807, 2.05) is 39.0 Å². The van der Waals surface area contributed by atoms with Crippen molar-refractivity contribution in [3.63, 3.8) is 0 Å². The summed E-state index contributed by atoms with van der Waals surface area (Å²) in [6.07, 6.45) is 4.27. The van der Waals surface area contributed by atoms with Crippen LogP contribution in [-0.4, -0.2) is 23.9 Å². The van der Waals surface area contributed by atoms with E-state index in [1.54, 1.807) is 26.0 Å². The molecule has 0 spiro atoms. The van der Waals surface area contributed by atoms with Crippen molar-refractivity contribution < 1.29 is 9.59 Å². The van der Waals surface area contributed by atoms with Crippen LogP contribution in [0.15, 0.2) is 24.3 Å². The number of carbonyl (C=O) groups is 2. The maximum Gasteiger partial charge on any atom is 0.245 e. The maximum absolute atomic E-state index is 12.4. The van der Waals surface area contributed by atoms with E-state index in [-0.39, 0.29) is 17.4 Å². The summed E-state index contributed by atoms with van der Waals surface area (Å²) >= 11 is 12.1. The molecule has 0 fully saturated rings. The molecule has 0 aliphatic heterocycles. The standard InChI is InChI=1S/C18H24Cl2N2O2/c1-17(2,3)15(22-16(24)18(4,5)21-11-23)9-7-12-6-8-13(19)10-14(12)20/h6-11,15H,1-5H3,(H,21,23)(H,22,24)/b9-7+/t15-/m0/s1. The highest BCUT2D eigenvalue weighted by atomic mass is 35.5. The van der Waals surface area contributed by atoms with Crippen LogP contribution in [0, 0.1) is 5.41 Å². The van der Waals surface area contributed by atoms with E-state index in [1.165, 1.54) is 0 Å². The Balaban J connectivity index is 3.00. The number of benzene rings is 1. The van der Waals surface area contributed by atoms with Gasteiger partial charge in [-0.25, -0.2) is 0 Å². The number of amides is 2. The van der Waals surface area contributed by atoms with Gasteiger partial charge in [-0.3, -0.25) is 9.59 Å². The van der Waals surface area contributed by atoms with Crippen molar-refractivity contribution in [2.45, 2.75) is 46.2 Å². The second kappa shape index (κ2) is 8.04. The van der Waals surface area contributed by atoms with Gasteiger partial charge >= 0.3 is 0 Å². The summed E-state index contributed by atoms with van der Waals surface area (Å²) in [6.45, 7) is 9.36. The largest absolute Gasteiger partial charge is 0.347 e. The number of hydrogen-bond acceptors (Lipinski definition) is 2. The second-order valence-corrected chi connectivity index (χ2v) is 8.07. The lowest BCUT2D eigenvalue weighted by Crippen LogP contribution is -2.56. The average molecular weight is 371 g/mol. The minimum absolute atomic E-state index is 0.220. The molecule has 6 heteroatoms. The first kappa shape index (κ1) is 20.5. The molecule has 0 aromatic heterocycles. The normalized spacial score (nSPS) is 13.6. The molecule has 0 heterocycles. The molecule has 0 unspecified atom stereocenters. The van der Waals surface area contributed by atoms with Crippen LogP contribution < -0.4 is 10.6 Å². The fourth-order valence-corrected chi connectivity index (χ4v) is 2.40. The number of nitrogens with one attached hydrogen (secondary N) is 2. The van der Waals surface area contributed by atoms with Crippen molar-refractivity contribution in [1.82, 2.24) is 10.6 Å². The number of carbonyl (C=O) groups excluding carboxylic acids is 2. The van der Waals surface area contributed by atoms with Crippen LogP contribution in [-0.2, 0) is 9.59 Å². The van der Waals surface area contributed by atoms with Crippen molar-refractivity contribution in [2.24, 2.45) is 5.41 Å². The van der Waals surface area contributed by atoms with E-state index in [9.17, 15) is 9.59 Å². The number of halogens is 2. The van der Waals surface area contributed by atoms with Crippen molar-refractivity contribution in [3.05, 3.63) is 39.9 Å². The summed E-state index contributed by atoms with van der Waals surface area (Å²) in [7, 11) is 0. The van der Waals surface area contributed by atoms with Crippen molar-refractivity contribution in [3.8, 4) is 0 Å². The smallest absolute Gasteiger partial charge is 0.245 e. The predicted octanol–water partition coefficient (Wildman–Crippen LogP) is 4.06. The first-order valence-corrected chi connectivity index (χ1v) is 8.38. The number of hydrogen-bond donors (Lipinski definition) is 2. The van der Waals surface area contributed by atoms with Crippen molar-refractivity contribution in [2.75, 3.05) is 0 Å². The zero-order valence-electron chi connectivity index (χ0n) is 14.6. The molecule has 2 N–H and O–H groups in total. The molecule has 1 atom stereocenters. The van der Waals surface area contributed by atoms with Gasteiger partial charge in [0.15, 0.2) is 0 Å². The third-order valence-electron chi connectivity index (χ3n) is 3.64. The molecule has 1 rings (SSSR count). The summed E-state index contributed by atoms with van der Waals surface area (Å²) in [5, 5.41) is 6.59. The Morgan fingerprint density at radius 3 is 2.29 bits per heavy atom. The molecule has 2 amide bonds. The van der Waals surface area contributed by atoms with Crippen LogP contribution >= 0.6 is 23.2 Å². The zero-order chi connectivity index (χ0) is 18.5. The highest BCUT2D eigenvalue weighted by Gasteiger charge is 2.31. The van der Waals surface area contributed by atoms with E-state index < -0.39 is 5.54 Å². The monoisotopic (exact) mass is 370 g/mol. The average Bonchev–Trinajstić information content (AvgIpc) is 2.43. The molecular formula is C18H24Cl2N2O2. The van der Waals surface area contributed by atoms with Gasteiger partial charge in [-0.05, 0) is 37.0 Å². The van der Waals surface area contributed by atoms with Gasteiger partial charge in [-0.15, -0.1) is 0 Å². The molecule has 4 nitrogen and oxygen atoms in total. The van der Waals surface area contributed by atoms with Gasteiger partial charge in [0.1, 0.15) is 5.54 Å². The molecule has 24 heavy (non-hydrogen) atoms. The number of rotatable bonds is 6. The van der Waals surface area contributed by atoms with Gasteiger partial charge in [0.05, 0.1) is 6.04 Å². The SMILES string of the molecule is CC(C)(NC=O)C(=O)N[C@@H](/C=C/c1ccc(Cl)cc1Cl)C(C)(C)C. The van der Waals surface area contributed by atoms with E-state index in [4.69, 9.17) is 23.2 Å². The van der Waals surface area contributed by atoms with Gasteiger partial charge in [0, 0.05) is 10.0 Å². The molecule has 0 radical (unpaired) electrons. The Kier molecular flexibility index (Phi) is 6.87. The van der Waals surface area contributed by atoms with Crippen molar-refractivity contribution in [1.29, 1.82) is 0 Å². The second-order valence-electron chi connectivity index (χ2n) is 7.23. The lowest BCUT2D eigenvalue weighted by Gasteiger charge is -2.32. The molecule has 0 bridgehead atoms. The highest BCUT2D eigenvalue weighted by molar-refractivity contribution is 6.35. The highest BCUT2D eigenvalue weighted by Crippen LogP contribution is 2.25.